The van der Waals surface area contributed by atoms with Crippen molar-refractivity contribution in [3.63, 3.8) is 0 Å². The highest BCUT2D eigenvalue weighted by molar-refractivity contribution is 5.75. The SMILES string of the molecule is CCCC/C=C(/C=C/CC(N)=O)CN. The number of allylic oxidation sites excluding steroid dienone is 1. The molecule has 0 aliphatic heterocycles. The summed E-state index contributed by atoms with van der Waals surface area (Å²) in [5, 5.41) is 0. The van der Waals surface area contributed by atoms with Crippen LogP contribution in [0.1, 0.15) is 32.6 Å². The van der Waals surface area contributed by atoms with Crippen molar-refractivity contribution >= 4 is 5.91 Å². The van der Waals surface area contributed by atoms with Crippen molar-refractivity contribution in [3.8, 4) is 0 Å². The Morgan fingerprint density at radius 1 is 1.43 bits per heavy atom. The molecule has 0 aromatic carbocycles. The van der Waals surface area contributed by atoms with E-state index in [1.54, 1.807) is 6.08 Å². The lowest BCUT2D eigenvalue weighted by atomic mass is 10.1. The molecule has 0 rings (SSSR count). The van der Waals surface area contributed by atoms with Crippen molar-refractivity contribution in [1.82, 2.24) is 0 Å². The minimum absolute atomic E-state index is 0.283. The van der Waals surface area contributed by atoms with Crippen LogP contribution >= 0.6 is 0 Å². The Hall–Kier alpha value is -1.09. The van der Waals surface area contributed by atoms with Gasteiger partial charge >= 0.3 is 0 Å². The lowest BCUT2D eigenvalue weighted by Gasteiger charge is -1.97. The predicted molar refractivity (Wildman–Crippen MR) is 59.6 cm³/mol. The Balaban J connectivity index is 3.94. The lowest BCUT2D eigenvalue weighted by molar-refractivity contribution is -0.117. The van der Waals surface area contributed by atoms with E-state index in [4.69, 9.17) is 11.5 Å². The van der Waals surface area contributed by atoms with Crippen LogP contribution in [-0.4, -0.2) is 12.5 Å². The van der Waals surface area contributed by atoms with E-state index in [0.717, 1.165) is 12.0 Å². The molecule has 0 spiro atoms. The maximum Gasteiger partial charge on any atom is 0.221 e. The summed E-state index contributed by atoms with van der Waals surface area (Å²) >= 11 is 0. The van der Waals surface area contributed by atoms with Crippen LogP contribution in [0, 0.1) is 0 Å². The summed E-state index contributed by atoms with van der Waals surface area (Å²) in [6.45, 7) is 2.66. The van der Waals surface area contributed by atoms with E-state index >= 15 is 0 Å². The predicted octanol–water partition coefficient (Wildman–Crippen LogP) is 1.49. The summed E-state index contributed by atoms with van der Waals surface area (Å²) in [5.41, 5.74) is 11.6. The Labute approximate surface area is 85.9 Å². The molecule has 0 saturated heterocycles. The van der Waals surface area contributed by atoms with Crippen molar-refractivity contribution < 1.29 is 4.79 Å². The first-order chi connectivity index (χ1) is 6.70. The Morgan fingerprint density at radius 2 is 2.14 bits per heavy atom. The largest absolute Gasteiger partial charge is 0.369 e. The van der Waals surface area contributed by atoms with Crippen molar-refractivity contribution in [2.24, 2.45) is 11.5 Å². The molecule has 0 aromatic rings. The minimum Gasteiger partial charge on any atom is -0.369 e. The number of rotatable bonds is 7. The third kappa shape index (κ3) is 7.55. The molecule has 1 amide bonds. The highest BCUT2D eigenvalue weighted by Crippen LogP contribution is 2.02. The van der Waals surface area contributed by atoms with E-state index in [9.17, 15) is 4.79 Å². The lowest BCUT2D eigenvalue weighted by Crippen LogP contribution is -2.08. The first-order valence-corrected chi connectivity index (χ1v) is 5.04. The van der Waals surface area contributed by atoms with Crippen molar-refractivity contribution in [2.75, 3.05) is 6.54 Å². The van der Waals surface area contributed by atoms with Crippen LogP contribution in [0.3, 0.4) is 0 Å². The first kappa shape index (κ1) is 12.9. The maximum atomic E-state index is 10.4. The van der Waals surface area contributed by atoms with Crippen LogP contribution < -0.4 is 11.5 Å². The number of amides is 1. The molecule has 4 N–H and O–H groups in total. The van der Waals surface area contributed by atoms with Gasteiger partial charge in [-0.3, -0.25) is 4.79 Å². The highest BCUT2D eigenvalue weighted by Gasteiger charge is 1.90. The Bertz CT molecular complexity index is 219. The molecule has 0 atom stereocenters. The van der Waals surface area contributed by atoms with Gasteiger partial charge in [0.1, 0.15) is 0 Å². The molecule has 0 saturated carbocycles. The van der Waals surface area contributed by atoms with Gasteiger partial charge in [-0.05, 0) is 12.0 Å². The van der Waals surface area contributed by atoms with Crippen LogP contribution in [0.15, 0.2) is 23.8 Å². The van der Waals surface area contributed by atoms with Gasteiger partial charge in [0.15, 0.2) is 0 Å². The second-order valence-electron chi connectivity index (χ2n) is 3.20. The topological polar surface area (TPSA) is 69.1 Å². The molecule has 0 fully saturated rings. The van der Waals surface area contributed by atoms with Gasteiger partial charge in [0.05, 0.1) is 0 Å². The zero-order chi connectivity index (χ0) is 10.8. The van der Waals surface area contributed by atoms with Gasteiger partial charge in [-0.25, -0.2) is 0 Å². The standard InChI is InChI=1S/C11H20N2O/c1-2-3-4-6-10(9-12)7-5-8-11(13)14/h5-7H,2-4,8-9,12H2,1H3,(H2,13,14)/b7-5+,10-6-. The maximum absolute atomic E-state index is 10.4. The number of primary amides is 1. The fourth-order valence-electron chi connectivity index (χ4n) is 1.04. The highest BCUT2D eigenvalue weighted by atomic mass is 16.1. The van der Waals surface area contributed by atoms with Crippen molar-refractivity contribution in [3.05, 3.63) is 23.8 Å². The average Bonchev–Trinajstić information content (AvgIpc) is 2.15. The number of hydrogen-bond acceptors (Lipinski definition) is 2. The molecule has 0 heterocycles. The second kappa shape index (κ2) is 8.51. The molecule has 0 aromatic heterocycles. The monoisotopic (exact) mass is 196 g/mol. The number of carbonyl (C=O) groups is 1. The van der Waals surface area contributed by atoms with Gasteiger partial charge in [-0.15, -0.1) is 0 Å². The molecule has 0 unspecified atom stereocenters. The summed E-state index contributed by atoms with van der Waals surface area (Å²) in [5.74, 6) is -0.314. The third-order valence-corrected chi connectivity index (χ3v) is 1.85. The molecular formula is C11H20N2O. The summed E-state index contributed by atoms with van der Waals surface area (Å²) in [6.07, 6.45) is 9.43. The van der Waals surface area contributed by atoms with Crippen LogP contribution in [-0.2, 0) is 4.79 Å². The number of carbonyl (C=O) groups excluding carboxylic acids is 1. The quantitative estimate of drug-likeness (QED) is 0.478. The van der Waals surface area contributed by atoms with E-state index in [1.165, 1.54) is 12.8 Å². The van der Waals surface area contributed by atoms with Crippen LogP contribution in [0.4, 0.5) is 0 Å². The number of nitrogens with two attached hydrogens (primary N) is 2. The molecule has 80 valence electrons. The molecule has 3 heteroatoms. The zero-order valence-electron chi connectivity index (χ0n) is 8.83. The fraction of sp³-hybridized carbons (Fsp3) is 0.545. The summed E-state index contributed by atoms with van der Waals surface area (Å²) < 4.78 is 0. The summed E-state index contributed by atoms with van der Waals surface area (Å²) in [6, 6.07) is 0. The van der Waals surface area contributed by atoms with Gasteiger partial charge in [-0.1, -0.05) is 38.0 Å². The summed E-state index contributed by atoms with van der Waals surface area (Å²) in [4.78, 5) is 10.4. The number of unbranched alkanes of at least 4 members (excludes halogenated alkanes) is 2. The van der Waals surface area contributed by atoms with Crippen molar-refractivity contribution in [1.29, 1.82) is 0 Å². The minimum atomic E-state index is -0.314. The molecule has 0 aliphatic rings. The molecule has 0 bridgehead atoms. The van der Waals surface area contributed by atoms with Gasteiger partial charge in [0.2, 0.25) is 5.91 Å². The molecule has 0 aliphatic carbocycles. The van der Waals surface area contributed by atoms with Gasteiger partial charge < -0.3 is 11.5 Å². The molecular weight excluding hydrogens is 176 g/mol. The van der Waals surface area contributed by atoms with E-state index in [-0.39, 0.29) is 12.3 Å². The van der Waals surface area contributed by atoms with Crippen LogP contribution in [0.5, 0.6) is 0 Å². The fourth-order valence-corrected chi connectivity index (χ4v) is 1.04. The van der Waals surface area contributed by atoms with E-state index in [2.05, 4.69) is 13.0 Å². The molecule has 0 radical (unpaired) electrons. The third-order valence-electron chi connectivity index (χ3n) is 1.85. The van der Waals surface area contributed by atoms with E-state index in [0.29, 0.717) is 6.54 Å². The van der Waals surface area contributed by atoms with Crippen LogP contribution in [0.2, 0.25) is 0 Å². The summed E-state index contributed by atoms with van der Waals surface area (Å²) in [7, 11) is 0. The Morgan fingerprint density at radius 3 is 2.64 bits per heavy atom. The number of hydrogen-bond donors (Lipinski definition) is 2. The van der Waals surface area contributed by atoms with Crippen LogP contribution in [0.25, 0.3) is 0 Å². The van der Waals surface area contributed by atoms with E-state index < -0.39 is 0 Å². The first-order valence-electron chi connectivity index (χ1n) is 5.04. The van der Waals surface area contributed by atoms with Gasteiger partial charge in [0.25, 0.3) is 0 Å². The second-order valence-corrected chi connectivity index (χ2v) is 3.20. The zero-order valence-corrected chi connectivity index (χ0v) is 8.83. The normalized spacial score (nSPS) is 12.3. The van der Waals surface area contributed by atoms with Gasteiger partial charge in [-0.2, -0.15) is 0 Å². The smallest absolute Gasteiger partial charge is 0.221 e. The Kier molecular flexibility index (Phi) is 7.84. The van der Waals surface area contributed by atoms with Crippen molar-refractivity contribution in [2.45, 2.75) is 32.6 Å². The average molecular weight is 196 g/mol. The molecule has 14 heavy (non-hydrogen) atoms. The molecule has 3 nitrogen and oxygen atoms in total. The van der Waals surface area contributed by atoms with Gasteiger partial charge in [0, 0.05) is 13.0 Å². The van der Waals surface area contributed by atoms with E-state index in [1.807, 2.05) is 6.08 Å².